The standard InChI is InChI=1S/C13H20N2O3S2/c1-4-15(9-13(2,3)16)20(17,18)11-7-5-10(6-8-11)12(14)19/h5-8,16H,4,9H2,1-3H3,(H2,14,19). The molecule has 0 fully saturated rings. The molecule has 1 aromatic rings. The lowest BCUT2D eigenvalue weighted by molar-refractivity contribution is 0.0601. The number of thiocarbonyl (C=S) groups is 1. The van der Waals surface area contributed by atoms with E-state index >= 15 is 0 Å². The minimum Gasteiger partial charge on any atom is -0.389 e. The molecule has 0 saturated heterocycles. The van der Waals surface area contributed by atoms with E-state index in [1.807, 2.05) is 0 Å². The predicted octanol–water partition coefficient (Wildman–Crippen LogP) is 1.10. The van der Waals surface area contributed by atoms with Crippen LogP contribution in [0.3, 0.4) is 0 Å². The maximum absolute atomic E-state index is 12.5. The summed E-state index contributed by atoms with van der Waals surface area (Å²) in [5, 5.41) is 9.81. The zero-order chi connectivity index (χ0) is 15.6. The average molecular weight is 316 g/mol. The van der Waals surface area contributed by atoms with Crippen LogP contribution in [0, 0.1) is 0 Å². The fourth-order valence-corrected chi connectivity index (χ4v) is 3.48. The second-order valence-electron chi connectivity index (χ2n) is 5.13. The van der Waals surface area contributed by atoms with Crippen LogP contribution in [0.2, 0.25) is 0 Å². The number of sulfonamides is 1. The first-order chi connectivity index (χ1) is 9.08. The fraction of sp³-hybridized carbons (Fsp3) is 0.462. The molecule has 1 aromatic carbocycles. The van der Waals surface area contributed by atoms with Crippen molar-refractivity contribution in [1.82, 2.24) is 4.31 Å². The van der Waals surface area contributed by atoms with Gasteiger partial charge in [-0.15, -0.1) is 0 Å². The van der Waals surface area contributed by atoms with E-state index in [2.05, 4.69) is 0 Å². The maximum atomic E-state index is 12.5. The van der Waals surface area contributed by atoms with E-state index < -0.39 is 15.6 Å². The lowest BCUT2D eigenvalue weighted by atomic mass is 10.1. The second-order valence-corrected chi connectivity index (χ2v) is 7.51. The summed E-state index contributed by atoms with van der Waals surface area (Å²) in [6, 6.07) is 6.09. The lowest BCUT2D eigenvalue weighted by Gasteiger charge is -2.27. The second kappa shape index (κ2) is 6.17. The monoisotopic (exact) mass is 316 g/mol. The Morgan fingerprint density at radius 3 is 2.20 bits per heavy atom. The van der Waals surface area contributed by atoms with Crippen molar-refractivity contribution in [3.8, 4) is 0 Å². The Balaban J connectivity index is 3.11. The summed E-state index contributed by atoms with van der Waals surface area (Å²) >= 11 is 4.83. The van der Waals surface area contributed by atoms with Gasteiger partial charge in [0.05, 0.1) is 10.5 Å². The smallest absolute Gasteiger partial charge is 0.243 e. The lowest BCUT2D eigenvalue weighted by Crippen LogP contribution is -2.42. The summed E-state index contributed by atoms with van der Waals surface area (Å²) in [5.74, 6) is 0. The van der Waals surface area contributed by atoms with Gasteiger partial charge in [0.25, 0.3) is 0 Å². The number of hydrogen-bond donors (Lipinski definition) is 2. The van der Waals surface area contributed by atoms with Gasteiger partial charge in [-0.25, -0.2) is 8.42 Å². The summed E-state index contributed by atoms with van der Waals surface area (Å²) in [6.45, 7) is 5.18. The molecule has 0 unspecified atom stereocenters. The Morgan fingerprint density at radius 2 is 1.85 bits per heavy atom. The summed E-state index contributed by atoms with van der Waals surface area (Å²) < 4.78 is 26.2. The third kappa shape index (κ3) is 4.24. The zero-order valence-corrected chi connectivity index (χ0v) is 13.5. The summed E-state index contributed by atoms with van der Waals surface area (Å²) in [6.07, 6.45) is 0. The highest BCUT2D eigenvalue weighted by Gasteiger charge is 2.28. The van der Waals surface area contributed by atoms with E-state index in [1.165, 1.54) is 16.4 Å². The highest BCUT2D eigenvalue weighted by molar-refractivity contribution is 7.89. The van der Waals surface area contributed by atoms with Crippen molar-refractivity contribution in [3.05, 3.63) is 29.8 Å². The first kappa shape index (κ1) is 17.0. The van der Waals surface area contributed by atoms with Gasteiger partial charge in [-0.3, -0.25) is 0 Å². The quantitative estimate of drug-likeness (QED) is 0.768. The third-order valence-electron chi connectivity index (χ3n) is 2.69. The molecule has 0 aliphatic heterocycles. The van der Waals surface area contributed by atoms with Crippen molar-refractivity contribution in [2.45, 2.75) is 31.3 Å². The number of rotatable bonds is 6. The van der Waals surface area contributed by atoms with Crippen molar-refractivity contribution in [2.24, 2.45) is 5.73 Å². The molecule has 0 amide bonds. The predicted molar refractivity (Wildman–Crippen MR) is 83.1 cm³/mol. The number of benzene rings is 1. The number of likely N-dealkylation sites (N-methyl/N-ethyl adjacent to an activating group) is 1. The van der Waals surface area contributed by atoms with Crippen molar-refractivity contribution >= 4 is 27.2 Å². The van der Waals surface area contributed by atoms with Crippen molar-refractivity contribution in [2.75, 3.05) is 13.1 Å². The number of aliphatic hydroxyl groups is 1. The molecule has 112 valence electrons. The summed E-state index contributed by atoms with van der Waals surface area (Å²) in [7, 11) is -3.64. The van der Waals surface area contributed by atoms with Crippen LogP contribution in [0.15, 0.2) is 29.2 Å². The van der Waals surface area contributed by atoms with Gasteiger partial charge in [-0.2, -0.15) is 4.31 Å². The minimum atomic E-state index is -3.64. The molecule has 7 heteroatoms. The molecule has 0 radical (unpaired) electrons. The first-order valence-corrected chi connectivity index (χ1v) is 8.05. The van der Waals surface area contributed by atoms with Gasteiger partial charge in [0, 0.05) is 18.7 Å². The molecular formula is C13H20N2O3S2. The van der Waals surface area contributed by atoms with Gasteiger partial charge >= 0.3 is 0 Å². The van der Waals surface area contributed by atoms with Crippen molar-refractivity contribution in [3.63, 3.8) is 0 Å². The van der Waals surface area contributed by atoms with Crippen molar-refractivity contribution < 1.29 is 13.5 Å². The molecule has 1 rings (SSSR count). The van der Waals surface area contributed by atoms with Gasteiger partial charge in [0.2, 0.25) is 10.0 Å². The molecule has 20 heavy (non-hydrogen) atoms. The van der Waals surface area contributed by atoms with Gasteiger partial charge < -0.3 is 10.8 Å². The van der Waals surface area contributed by atoms with Gasteiger partial charge in [0.15, 0.2) is 0 Å². The van der Waals surface area contributed by atoms with Gasteiger partial charge in [-0.05, 0) is 26.0 Å². The zero-order valence-electron chi connectivity index (χ0n) is 11.8. The van der Waals surface area contributed by atoms with E-state index in [0.29, 0.717) is 5.56 Å². The molecule has 0 aliphatic carbocycles. The highest BCUT2D eigenvalue weighted by Crippen LogP contribution is 2.18. The maximum Gasteiger partial charge on any atom is 0.243 e. The topological polar surface area (TPSA) is 83.6 Å². The van der Waals surface area contributed by atoms with E-state index in [1.54, 1.807) is 32.9 Å². The Morgan fingerprint density at radius 1 is 1.35 bits per heavy atom. The van der Waals surface area contributed by atoms with Crippen LogP contribution < -0.4 is 5.73 Å². The Labute approximate surface area is 125 Å². The number of hydrogen-bond acceptors (Lipinski definition) is 4. The molecule has 5 nitrogen and oxygen atoms in total. The average Bonchev–Trinajstić information content (AvgIpc) is 2.34. The minimum absolute atomic E-state index is 0.0306. The molecule has 3 N–H and O–H groups in total. The Hall–Kier alpha value is -1.02. The van der Waals surface area contributed by atoms with Crippen LogP contribution in [0.4, 0.5) is 0 Å². The van der Waals surface area contributed by atoms with Crippen LogP contribution in [0.5, 0.6) is 0 Å². The number of nitrogens with zero attached hydrogens (tertiary/aromatic N) is 1. The summed E-state index contributed by atoms with van der Waals surface area (Å²) in [5.41, 5.74) is 5.00. The number of nitrogens with two attached hydrogens (primary N) is 1. The van der Waals surface area contributed by atoms with Crippen molar-refractivity contribution in [1.29, 1.82) is 0 Å². The third-order valence-corrected chi connectivity index (χ3v) is 4.86. The molecule has 0 saturated carbocycles. The first-order valence-electron chi connectivity index (χ1n) is 6.20. The molecule has 0 atom stereocenters. The van der Waals surface area contributed by atoms with Crippen LogP contribution in [0.25, 0.3) is 0 Å². The highest BCUT2D eigenvalue weighted by atomic mass is 32.2. The van der Waals surface area contributed by atoms with Crippen LogP contribution >= 0.6 is 12.2 Å². The van der Waals surface area contributed by atoms with Crippen LogP contribution in [-0.2, 0) is 10.0 Å². The Bertz CT molecular complexity index is 575. The largest absolute Gasteiger partial charge is 0.389 e. The van der Waals surface area contributed by atoms with E-state index in [0.717, 1.165) is 0 Å². The molecule has 0 aliphatic rings. The van der Waals surface area contributed by atoms with Gasteiger partial charge in [0.1, 0.15) is 4.99 Å². The summed E-state index contributed by atoms with van der Waals surface area (Å²) in [4.78, 5) is 0.376. The van der Waals surface area contributed by atoms with Crippen LogP contribution in [-0.4, -0.2) is 41.5 Å². The fourth-order valence-electron chi connectivity index (χ4n) is 1.74. The van der Waals surface area contributed by atoms with Gasteiger partial charge in [-0.1, -0.05) is 31.3 Å². The Kier molecular flexibility index (Phi) is 5.26. The molecule has 0 bridgehead atoms. The molecule has 0 heterocycles. The normalized spacial score (nSPS) is 12.7. The molecular weight excluding hydrogens is 296 g/mol. The molecule has 0 spiro atoms. The van der Waals surface area contributed by atoms with E-state index in [4.69, 9.17) is 18.0 Å². The molecule has 0 aromatic heterocycles. The van der Waals surface area contributed by atoms with Crippen LogP contribution in [0.1, 0.15) is 26.3 Å². The van der Waals surface area contributed by atoms with E-state index in [-0.39, 0.29) is 23.0 Å². The SMILES string of the molecule is CCN(CC(C)(C)O)S(=O)(=O)c1ccc(C(N)=S)cc1. The van der Waals surface area contributed by atoms with E-state index in [9.17, 15) is 13.5 Å².